The van der Waals surface area contributed by atoms with E-state index in [1.165, 1.54) is 6.07 Å². The maximum atomic E-state index is 13.8. The third-order valence-corrected chi connectivity index (χ3v) is 3.98. The van der Waals surface area contributed by atoms with Crippen LogP contribution in [0.4, 0.5) is 4.39 Å². The average Bonchev–Trinajstić information content (AvgIpc) is 2.44. The molecular formula is C16H16Br2FNO. The molecule has 0 aliphatic heterocycles. The van der Waals surface area contributed by atoms with Crippen LogP contribution in [0.5, 0.6) is 11.5 Å². The van der Waals surface area contributed by atoms with Gasteiger partial charge in [-0.1, -0.05) is 28.9 Å². The molecular weight excluding hydrogens is 401 g/mol. The molecule has 0 fully saturated rings. The highest BCUT2D eigenvalue weighted by molar-refractivity contribution is 9.10. The summed E-state index contributed by atoms with van der Waals surface area (Å²) in [5, 5.41) is 3.34. The fourth-order valence-corrected chi connectivity index (χ4v) is 2.66. The van der Waals surface area contributed by atoms with Gasteiger partial charge in [0, 0.05) is 11.0 Å². The molecule has 0 aliphatic rings. The smallest absolute Gasteiger partial charge is 0.166 e. The lowest BCUT2D eigenvalue weighted by Gasteiger charge is -2.11. The molecule has 0 radical (unpaired) electrons. The standard InChI is InChI=1S/C16H16Br2FNO/c1-2-7-20-10-11-3-5-15(13(18)8-11)21-16-6-4-12(17)9-14(16)19/h3-6,8-9,20H,2,7,10H2,1H3. The van der Waals surface area contributed by atoms with Crippen molar-refractivity contribution >= 4 is 31.9 Å². The fourth-order valence-electron chi connectivity index (χ4n) is 1.82. The first-order chi connectivity index (χ1) is 10.1. The van der Waals surface area contributed by atoms with E-state index in [1.807, 2.05) is 18.2 Å². The van der Waals surface area contributed by atoms with Gasteiger partial charge in [0.2, 0.25) is 0 Å². The van der Waals surface area contributed by atoms with Crippen molar-refractivity contribution < 1.29 is 9.13 Å². The van der Waals surface area contributed by atoms with Gasteiger partial charge in [-0.2, -0.15) is 0 Å². The monoisotopic (exact) mass is 415 g/mol. The van der Waals surface area contributed by atoms with Crippen LogP contribution in [0, 0.1) is 5.82 Å². The van der Waals surface area contributed by atoms with Crippen molar-refractivity contribution in [2.75, 3.05) is 6.54 Å². The Morgan fingerprint density at radius 1 is 1.10 bits per heavy atom. The molecule has 0 aromatic heterocycles. The van der Waals surface area contributed by atoms with Crippen LogP contribution in [-0.4, -0.2) is 6.54 Å². The lowest BCUT2D eigenvalue weighted by Crippen LogP contribution is -2.13. The molecule has 0 saturated carbocycles. The number of halogens is 3. The molecule has 0 aliphatic carbocycles. The molecule has 0 atom stereocenters. The van der Waals surface area contributed by atoms with Gasteiger partial charge in [-0.25, -0.2) is 4.39 Å². The fraction of sp³-hybridized carbons (Fsp3) is 0.250. The normalized spacial score (nSPS) is 10.7. The minimum Gasteiger partial charge on any atom is -0.453 e. The first-order valence-corrected chi connectivity index (χ1v) is 8.31. The zero-order chi connectivity index (χ0) is 15.2. The van der Waals surface area contributed by atoms with Crippen molar-refractivity contribution in [3.05, 3.63) is 56.7 Å². The zero-order valence-electron chi connectivity index (χ0n) is 11.6. The molecule has 5 heteroatoms. The third-order valence-electron chi connectivity index (χ3n) is 2.87. The molecule has 0 spiro atoms. The van der Waals surface area contributed by atoms with Crippen molar-refractivity contribution in [1.29, 1.82) is 0 Å². The van der Waals surface area contributed by atoms with Crippen molar-refractivity contribution in [3.8, 4) is 11.5 Å². The average molecular weight is 417 g/mol. The molecule has 2 rings (SSSR count). The third kappa shape index (κ3) is 4.80. The van der Waals surface area contributed by atoms with E-state index in [2.05, 4.69) is 44.1 Å². The van der Waals surface area contributed by atoms with Gasteiger partial charge in [-0.05, 0) is 64.8 Å². The number of hydrogen-bond donors (Lipinski definition) is 1. The Morgan fingerprint density at radius 3 is 2.52 bits per heavy atom. The number of rotatable bonds is 6. The molecule has 0 bridgehead atoms. The van der Waals surface area contributed by atoms with Gasteiger partial charge in [0.15, 0.2) is 11.6 Å². The van der Waals surface area contributed by atoms with E-state index in [1.54, 1.807) is 12.1 Å². The van der Waals surface area contributed by atoms with E-state index in [-0.39, 0.29) is 5.75 Å². The summed E-state index contributed by atoms with van der Waals surface area (Å²) < 4.78 is 20.9. The predicted molar refractivity (Wildman–Crippen MR) is 90.3 cm³/mol. The maximum absolute atomic E-state index is 13.8. The summed E-state index contributed by atoms with van der Waals surface area (Å²) in [7, 11) is 0. The topological polar surface area (TPSA) is 21.3 Å². The van der Waals surface area contributed by atoms with Crippen LogP contribution in [0.1, 0.15) is 18.9 Å². The minimum absolute atomic E-state index is 0.204. The van der Waals surface area contributed by atoms with E-state index >= 15 is 0 Å². The summed E-state index contributed by atoms with van der Waals surface area (Å²) in [6, 6.07) is 10.5. The Balaban J connectivity index is 2.10. The summed E-state index contributed by atoms with van der Waals surface area (Å²) in [6.07, 6.45) is 1.10. The number of hydrogen-bond acceptors (Lipinski definition) is 2. The van der Waals surface area contributed by atoms with Crippen LogP contribution in [0.25, 0.3) is 0 Å². The Morgan fingerprint density at radius 2 is 1.86 bits per heavy atom. The van der Waals surface area contributed by atoms with E-state index in [4.69, 9.17) is 4.74 Å². The maximum Gasteiger partial charge on any atom is 0.166 e. The van der Waals surface area contributed by atoms with Crippen LogP contribution in [0.3, 0.4) is 0 Å². The van der Waals surface area contributed by atoms with Gasteiger partial charge >= 0.3 is 0 Å². The molecule has 0 saturated heterocycles. The Labute approximate surface area is 141 Å². The van der Waals surface area contributed by atoms with Crippen LogP contribution < -0.4 is 10.1 Å². The van der Waals surface area contributed by atoms with Gasteiger partial charge in [-0.15, -0.1) is 0 Å². The second-order valence-electron chi connectivity index (χ2n) is 4.62. The highest BCUT2D eigenvalue weighted by Gasteiger charge is 2.08. The van der Waals surface area contributed by atoms with E-state index < -0.39 is 5.82 Å². The van der Waals surface area contributed by atoms with Crippen molar-refractivity contribution in [1.82, 2.24) is 5.32 Å². The lowest BCUT2D eigenvalue weighted by molar-refractivity contribution is 0.439. The molecule has 0 amide bonds. The summed E-state index contributed by atoms with van der Waals surface area (Å²) >= 11 is 6.69. The molecule has 112 valence electrons. The zero-order valence-corrected chi connectivity index (χ0v) is 14.8. The van der Waals surface area contributed by atoms with Gasteiger partial charge < -0.3 is 10.1 Å². The second kappa shape index (κ2) is 7.92. The van der Waals surface area contributed by atoms with Gasteiger partial charge in [0.1, 0.15) is 5.75 Å². The molecule has 2 nitrogen and oxygen atoms in total. The highest BCUT2D eigenvalue weighted by Crippen LogP contribution is 2.32. The highest BCUT2D eigenvalue weighted by atomic mass is 79.9. The summed E-state index contributed by atoms with van der Waals surface area (Å²) in [5.74, 6) is 0.399. The van der Waals surface area contributed by atoms with Crippen LogP contribution >= 0.6 is 31.9 Å². The Hall–Kier alpha value is -0.910. The largest absolute Gasteiger partial charge is 0.453 e. The van der Waals surface area contributed by atoms with Gasteiger partial charge in [0.25, 0.3) is 0 Å². The second-order valence-corrected chi connectivity index (χ2v) is 6.39. The molecule has 2 aromatic rings. The summed E-state index contributed by atoms with van der Waals surface area (Å²) in [5.41, 5.74) is 1.15. The molecule has 2 aromatic carbocycles. The van der Waals surface area contributed by atoms with E-state index in [0.29, 0.717) is 10.2 Å². The number of benzene rings is 2. The molecule has 21 heavy (non-hydrogen) atoms. The Bertz CT molecular complexity index is 619. The minimum atomic E-state index is -0.398. The Kier molecular flexibility index (Phi) is 6.21. The number of ether oxygens (including phenoxy) is 1. The van der Waals surface area contributed by atoms with Crippen LogP contribution in [0.15, 0.2) is 45.3 Å². The lowest BCUT2D eigenvalue weighted by atomic mass is 10.2. The van der Waals surface area contributed by atoms with Gasteiger partial charge in [0.05, 0.1) is 4.47 Å². The van der Waals surface area contributed by atoms with Crippen molar-refractivity contribution in [3.63, 3.8) is 0 Å². The van der Waals surface area contributed by atoms with Crippen LogP contribution in [0.2, 0.25) is 0 Å². The SMILES string of the molecule is CCCNCc1ccc(Oc2ccc(Br)cc2F)c(Br)c1. The summed E-state index contributed by atoms with van der Waals surface area (Å²) in [6.45, 7) is 3.92. The first kappa shape index (κ1) is 16.5. The predicted octanol–water partition coefficient (Wildman–Crippen LogP) is 5.64. The molecule has 1 N–H and O–H groups in total. The van der Waals surface area contributed by atoms with E-state index in [0.717, 1.165) is 29.5 Å². The van der Waals surface area contributed by atoms with Crippen LogP contribution in [-0.2, 0) is 6.54 Å². The molecule has 0 heterocycles. The van der Waals surface area contributed by atoms with Gasteiger partial charge in [-0.3, -0.25) is 0 Å². The molecule has 0 unspecified atom stereocenters. The van der Waals surface area contributed by atoms with Crippen molar-refractivity contribution in [2.45, 2.75) is 19.9 Å². The number of nitrogens with one attached hydrogen (secondary N) is 1. The van der Waals surface area contributed by atoms with Crippen molar-refractivity contribution in [2.24, 2.45) is 0 Å². The summed E-state index contributed by atoms with van der Waals surface area (Å²) in [4.78, 5) is 0. The van der Waals surface area contributed by atoms with E-state index in [9.17, 15) is 4.39 Å². The first-order valence-electron chi connectivity index (χ1n) is 6.72. The quantitative estimate of drug-likeness (QED) is 0.615.